The molecule has 4 heteroatoms. The molecule has 112 valence electrons. The number of likely N-dealkylation sites (tertiary alicyclic amines) is 1. The number of hydrogen-bond donors (Lipinski definition) is 1. The van der Waals surface area contributed by atoms with Gasteiger partial charge in [-0.3, -0.25) is 4.99 Å². The third-order valence-corrected chi connectivity index (χ3v) is 5.13. The van der Waals surface area contributed by atoms with Gasteiger partial charge < -0.3 is 9.88 Å². The number of H-pyrrole nitrogens is 1. The van der Waals surface area contributed by atoms with Gasteiger partial charge >= 0.3 is 0 Å². The number of rotatable bonds is 6. The molecule has 1 aliphatic rings. The van der Waals surface area contributed by atoms with Crippen LogP contribution in [0.4, 0.5) is 0 Å². The minimum atomic E-state index is 0.980. The second-order valence-electron chi connectivity index (χ2n) is 5.58. The molecule has 0 aliphatic carbocycles. The van der Waals surface area contributed by atoms with Crippen molar-refractivity contribution in [1.82, 2.24) is 9.88 Å². The van der Waals surface area contributed by atoms with Crippen molar-refractivity contribution in [3.8, 4) is 0 Å². The fraction of sp³-hybridized carbons (Fsp3) is 0.471. The number of benzene rings is 1. The predicted octanol–water partition coefficient (Wildman–Crippen LogP) is 4.16. The molecule has 1 saturated heterocycles. The highest BCUT2D eigenvalue weighted by Crippen LogP contribution is 2.28. The van der Waals surface area contributed by atoms with E-state index in [1.54, 1.807) is 0 Å². The number of nitrogens with zero attached hydrogens (tertiary/aromatic N) is 2. The summed E-state index contributed by atoms with van der Waals surface area (Å²) < 4.78 is 0. The predicted molar refractivity (Wildman–Crippen MR) is 92.4 cm³/mol. The molecule has 3 rings (SSSR count). The van der Waals surface area contributed by atoms with Gasteiger partial charge in [-0.15, -0.1) is 11.8 Å². The summed E-state index contributed by atoms with van der Waals surface area (Å²) in [7, 11) is 2.15. The van der Waals surface area contributed by atoms with Crippen molar-refractivity contribution in [2.75, 3.05) is 25.9 Å². The van der Waals surface area contributed by atoms with Crippen molar-refractivity contribution in [2.45, 2.75) is 30.6 Å². The third-order valence-electron chi connectivity index (χ3n) is 3.99. The molecule has 0 amide bonds. The molecule has 1 N–H and O–H groups in total. The molecule has 0 radical (unpaired) electrons. The first-order chi connectivity index (χ1) is 10.3. The van der Waals surface area contributed by atoms with Crippen molar-refractivity contribution >= 4 is 28.5 Å². The number of aromatic amines is 1. The van der Waals surface area contributed by atoms with E-state index in [-0.39, 0.29) is 0 Å². The van der Waals surface area contributed by atoms with E-state index in [4.69, 9.17) is 4.99 Å². The first-order valence-corrected chi connectivity index (χ1v) is 8.76. The van der Waals surface area contributed by atoms with E-state index in [2.05, 4.69) is 47.4 Å². The van der Waals surface area contributed by atoms with Crippen LogP contribution in [0.5, 0.6) is 0 Å². The summed E-state index contributed by atoms with van der Waals surface area (Å²) in [5.74, 6) is 2.47. The Bertz CT molecular complexity index is 617. The van der Waals surface area contributed by atoms with Crippen LogP contribution in [0.1, 0.15) is 25.7 Å². The van der Waals surface area contributed by atoms with Crippen LogP contribution in [0.25, 0.3) is 10.9 Å². The van der Waals surface area contributed by atoms with Crippen molar-refractivity contribution in [1.29, 1.82) is 0 Å². The number of thioether (sulfide) groups is 1. The number of fused-ring (bicyclic) bond motifs is 1. The largest absolute Gasteiger partial charge is 0.363 e. The highest BCUT2D eigenvalue weighted by atomic mass is 32.2. The Labute approximate surface area is 130 Å². The lowest BCUT2D eigenvalue weighted by Crippen LogP contribution is -2.19. The fourth-order valence-electron chi connectivity index (χ4n) is 2.76. The molecule has 21 heavy (non-hydrogen) atoms. The number of aliphatic imine (C=N–C) groups is 1. The number of unbranched alkanes of at least 4 members (excludes halogenated alkanes) is 1. The summed E-state index contributed by atoms with van der Waals surface area (Å²) in [6.45, 7) is 2.16. The van der Waals surface area contributed by atoms with Gasteiger partial charge in [-0.05, 0) is 31.1 Å². The van der Waals surface area contributed by atoms with Crippen molar-refractivity contribution < 1.29 is 0 Å². The third kappa shape index (κ3) is 3.62. The smallest absolute Gasteiger partial charge is 0.0986 e. The quantitative estimate of drug-likeness (QED) is 0.641. The van der Waals surface area contributed by atoms with Gasteiger partial charge in [0.2, 0.25) is 0 Å². The van der Waals surface area contributed by atoms with Gasteiger partial charge in [-0.25, -0.2) is 0 Å². The number of para-hydroxylation sites is 1. The minimum absolute atomic E-state index is 0.980. The van der Waals surface area contributed by atoms with E-state index >= 15 is 0 Å². The maximum atomic E-state index is 4.72. The maximum Gasteiger partial charge on any atom is 0.0986 e. The SMILES string of the molecule is CN1CCCC1=NCCCCSc1c[nH]c2ccccc12. The van der Waals surface area contributed by atoms with E-state index < -0.39 is 0 Å². The van der Waals surface area contributed by atoms with Gasteiger partial charge in [0.05, 0.1) is 5.84 Å². The Hall–Kier alpha value is -1.42. The molecule has 0 spiro atoms. The van der Waals surface area contributed by atoms with Crippen molar-refractivity contribution in [3.63, 3.8) is 0 Å². The molecule has 2 heterocycles. The minimum Gasteiger partial charge on any atom is -0.363 e. The number of nitrogens with one attached hydrogen (secondary N) is 1. The second-order valence-corrected chi connectivity index (χ2v) is 6.71. The summed E-state index contributed by atoms with van der Waals surface area (Å²) in [5.41, 5.74) is 1.23. The van der Waals surface area contributed by atoms with Crippen LogP contribution in [0, 0.1) is 0 Å². The van der Waals surface area contributed by atoms with E-state index in [9.17, 15) is 0 Å². The van der Waals surface area contributed by atoms with Crippen LogP contribution >= 0.6 is 11.8 Å². The molecule has 0 atom stereocenters. The van der Waals surface area contributed by atoms with E-state index in [0.29, 0.717) is 0 Å². The molecule has 3 nitrogen and oxygen atoms in total. The van der Waals surface area contributed by atoms with Crippen LogP contribution in [0.15, 0.2) is 40.4 Å². The highest BCUT2D eigenvalue weighted by Gasteiger charge is 2.12. The molecular weight excluding hydrogens is 278 g/mol. The molecule has 0 unspecified atom stereocenters. The molecule has 1 fully saturated rings. The summed E-state index contributed by atoms with van der Waals surface area (Å²) >= 11 is 1.95. The van der Waals surface area contributed by atoms with Crippen molar-refractivity contribution in [3.05, 3.63) is 30.5 Å². The van der Waals surface area contributed by atoms with Gasteiger partial charge in [0.1, 0.15) is 0 Å². The van der Waals surface area contributed by atoms with E-state index in [1.807, 2.05) is 11.8 Å². The Morgan fingerprint density at radius 1 is 1.29 bits per heavy atom. The monoisotopic (exact) mass is 301 g/mol. The topological polar surface area (TPSA) is 31.4 Å². The van der Waals surface area contributed by atoms with Gasteiger partial charge in [0.15, 0.2) is 0 Å². The maximum absolute atomic E-state index is 4.72. The van der Waals surface area contributed by atoms with E-state index in [0.717, 1.165) is 6.54 Å². The Morgan fingerprint density at radius 2 is 2.19 bits per heavy atom. The average Bonchev–Trinajstić information content (AvgIpc) is 3.10. The van der Waals surface area contributed by atoms with Gasteiger partial charge in [-0.2, -0.15) is 0 Å². The van der Waals surface area contributed by atoms with Crippen LogP contribution in [-0.2, 0) is 0 Å². The highest BCUT2D eigenvalue weighted by molar-refractivity contribution is 7.99. The standard InChI is InChI=1S/C17H23N3S/c1-20-11-6-9-17(20)18-10-4-5-12-21-16-13-19-15-8-3-2-7-14(15)16/h2-3,7-8,13,19H,4-6,9-12H2,1H3. The molecule has 1 aromatic heterocycles. The van der Waals surface area contributed by atoms with Crippen LogP contribution in [-0.4, -0.2) is 41.6 Å². The number of aromatic nitrogens is 1. The van der Waals surface area contributed by atoms with Gasteiger partial charge in [0, 0.05) is 48.6 Å². The second kappa shape index (κ2) is 7.03. The van der Waals surface area contributed by atoms with Crippen molar-refractivity contribution in [2.24, 2.45) is 4.99 Å². The average molecular weight is 301 g/mol. The number of amidine groups is 1. The zero-order valence-corrected chi connectivity index (χ0v) is 13.5. The molecule has 0 bridgehead atoms. The van der Waals surface area contributed by atoms with Crippen LogP contribution in [0.2, 0.25) is 0 Å². The lowest BCUT2D eigenvalue weighted by molar-refractivity contribution is 0.547. The molecule has 2 aromatic rings. The van der Waals surface area contributed by atoms with Crippen LogP contribution < -0.4 is 0 Å². The lowest BCUT2D eigenvalue weighted by Gasteiger charge is -2.10. The Balaban J connectivity index is 1.40. The fourth-order valence-corrected chi connectivity index (χ4v) is 3.81. The molecule has 1 aliphatic heterocycles. The molecule has 1 aromatic carbocycles. The summed E-state index contributed by atoms with van der Waals surface area (Å²) in [6.07, 6.45) is 6.98. The Kier molecular flexibility index (Phi) is 4.86. The summed E-state index contributed by atoms with van der Waals surface area (Å²) in [4.78, 5) is 11.7. The first kappa shape index (κ1) is 14.5. The normalized spacial score (nSPS) is 17.2. The van der Waals surface area contributed by atoms with Gasteiger partial charge in [-0.1, -0.05) is 18.2 Å². The zero-order chi connectivity index (χ0) is 14.5. The summed E-state index contributed by atoms with van der Waals surface area (Å²) in [6, 6.07) is 8.50. The number of hydrogen-bond acceptors (Lipinski definition) is 2. The first-order valence-electron chi connectivity index (χ1n) is 7.78. The van der Waals surface area contributed by atoms with Gasteiger partial charge in [0.25, 0.3) is 0 Å². The van der Waals surface area contributed by atoms with E-state index in [1.165, 1.54) is 59.6 Å². The Morgan fingerprint density at radius 3 is 3.05 bits per heavy atom. The zero-order valence-electron chi connectivity index (χ0n) is 12.6. The molecule has 0 saturated carbocycles. The lowest BCUT2D eigenvalue weighted by atomic mass is 10.2. The molecular formula is C17H23N3S. The summed E-state index contributed by atoms with van der Waals surface area (Å²) in [5, 5.41) is 1.34. The van der Waals surface area contributed by atoms with Crippen LogP contribution in [0.3, 0.4) is 0 Å².